The second kappa shape index (κ2) is 9.72. The molecule has 0 atom stereocenters. The molecule has 2 N–H and O–H groups in total. The van der Waals surface area contributed by atoms with E-state index < -0.39 is 0 Å². The first-order valence-electron chi connectivity index (χ1n) is 2.13. The van der Waals surface area contributed by atoms with E-state index in [2.05, 4.69) is 0 Å². The molecule has 0 aliphatic heterocycles. The first-order valence-corrected chi connectivity index (χ1v) is 2.13. The molecule has 0 aromatic rings. The van der Waals surface area contributed by atoms with Gasteiger partial charge in [0.25, 0.3) is 0 Å². The molecule has 3 heteroatoms. The Morgan fingerprint density at radius 2 is 1.29 bits per heavy atom. The molecular formula is C4H11LiO2. The van der Waals surface area contributed by atoms with Gasteiger partial charge in [0.2, 0.25) is 0 Å². The van der Waals surface area contributed by atoms with Gasteiger partial charge in [-0.1, -0.05) is 0 Å². The maximum atomic E-state index is 8.09. The van der Waals surface area contributed by atoms with Crippen LogP contribution in [-0.2, 0) is 0 Å². The quantitative estimate of drug-likeness (QED) is 0.289. The predicted molar refractivity (Wildman–Crippen MR) is 24.5 cm³/mol. The fraction of sp³-hybridized carbons (Fsp3) is 1.00. The molecule has 0 unspecified atom stereocenters. The van der Waals surface area contributed by atoms with E-state index in [1.165, 1.54) is 0 Å². The average Bonchev–Trinajstić information content (AvgIpc) is 1.61. The van der Waals surface area contributed by atoms with Crippen LogP contribution >= 0.6 is 0 Å². The van der Waals surface area contributed by atoms with Gasteiger partial charge in [-0.25, -0.2) is 0 Å². The van der Waals surface area contributed by atoms with Crippen molar-refractivity contribution in [1.82, 2.24) is 0 Å². The van der Waals surface area contributed by atoms with Crippen molar-refractivity contribution in [3.05, 3.63) is 0 Å². The summed E-state index contributed by atoms with van der Waals surface area (Å²) in [5.41, 5.74) is 0. The molecule has 0 aliphatic carbocycles. The van der Waals surface area contributed by atoms with Crippen LogP contribution in [0.15, 0.2) is 0 Å². The summed E-state index contributed by atoms with van der Waals surface area (Å²) < 4.78 is 0. The second-order valence-electron chi connectivity index (χ2n) is 1.15. The van der Waals surface area contributed by atoms with Crippen LogP contribution in [0.3, 0.4) is 0 Å². The normalized spacial score (nSPS) is 7.71. The number of rotatable bonds is 3. The van der Waals surface area contributed by atoms with Crippen molar-refractivity contribution in [3.63, 3.8) is 0 Å². The van der Waals surface area contributed by atoms with Crippen LogP contribution in [0.25, 0.3) is 0 Å². The fourth-order valence-corrected chi connectivity index (χ4v) is 0.224. The third kappa shape index (κ3) is 10.7. The molecule has 0 amide bonds. The second-order valence-corrected chi connectivity index (χ2v) is 1.15. The maximum absolute atomic E-state index is 8.09. The molecule has 0 aromatic carbocycles. The van der Waals surface area contributed by atoms with E-state index in [4.69, 9.17) is 10.2 Å². The zero-order valence-corrected chi connectivity index (χ0v) is 4.72. The van der Waals surface area contributed by atoms with Crippen LogP contribution in [0, 0.1) is 0 Å². The van der Waals surface area contributed by atoms with Gasteiger partial charge in [0.15, 0.2) is 0 Å². The summed E-state index contributed by atoms with van der Waals surface area (Å²) in [7, 11) is 0. The number of hydrogen-bond acceptors (Lipinski definition) is 2. The van der Waals surface area contributed by atoms with Crippen molar-refractivity contribution < 1.29 is 30.5 Å². The molecule has 0 bridgehead atoms. The first-order chi connectivity index (χ1) is 2.91. The van der Waals surface area contributed by atoms with E-state index in [0.29, 0.717) is 0 Å². The van der Waals surface area contributed by atoms with Gasteiger partial charge < -0.3 is 11.6 Å². The third-order valence-corrected chi connectivity index (χ3v) is 0.566. The van der Waals surface area contributed by atoms with Gasteiger partial charge >= 0.3 is 18.9 Å². The number of aliphatic hydroxyl groups excluding tert-OH is 2. The molecule has 0 radical (unpaired) electrons. The van der Waals surface area contributed by atoms with Gasteiger partial charge in [-0.2, -0.15) is 0 Å². The minimum Gasteiger partial charge on any atom is -1.00 e. The van der Waals surface area contributed by atoms with Crippen LogP contribution in [0.4, 0.5) is 0 Å². The summed E-state index contributed by atoms with van der Waals surface area (Å²) in [6.07, 6.45) is 1.44. The Bertz CT molecular complexity index is 26.0. The molecule has 0 spiro atoms. The van der Waals surface area contributed by atoms with Crippen LogP contribution in [0.5, 0.6) is 0 Å². The Morgan fingerprint density at radius 3 is 1.43 bits per heavy atom. The van der Waals surface area contributed by atoms with E-state index in [1.807, 2.05) is 0 Å². The van der Waals surface area contributed by atoms with Crippen LogP contribution in [0.2, 0.25) is 0 Å². The van der Waals surface area contributed by atoms with Crippen molar-refractivity contribution in [3.8, 4) is 0 Å². The third-order valence-electron chi connectivity index (χ3n) is 0.566. The van der Waals surface area contributed by atoms with Crippen molar-refractivity contribution in [2.75, 3.05) is 13.2 Å². The first kappa shape index (κ1) is 10.5. The molecule has 0 fully saturated rings. The number of aliphatic hydroxyl groups is 2. The number of unbranched alkanes of at least 4 members (excludes halogenated alkanes) is 1. The molecule has 0 aliphatic rings. The minimum absolute atomic E-state index is 0. The Morgan fingerprint density at radius 1 is 1.00 bits per heavy atom. The minimum atomic E-state index is 0. The van der Waals surface area contributed by atoms with Crippen molar-refractivity contribution in [1.29, 1.82) is 0 Å². The molecule has 2 nitrogen and oxygen atoms in total. The molecule has 0 heterocycles. The Balaban J connectivity index is -0.000000125. The van der Waals surface area contributed by atoms with Crippen molar-refractivity contribution in [2.45, 2.75) is 12.8 Å². The maximum Gasteiger partial charge on any atom is 1.00 e. The van der Waals surface area contributed by atoms with Gasteiger partial charge in [-0.15, -0.1) is 0 Å². The van der Waals surface area contributed by atoms with Gasteiger partial charge in [0, 0.05) is 13.2 Å². The summed E-state index contributed by atoms with van der Waals surface area (Å²) in [6.45, 7) is 0.390. The van der Waals surface area contributed by atoms with Gasteiger partial charge in [0.05, 0.1) is 0 Å². The molecule has 0 saturated heterocycles. The van der Waals surface area contributed by atoms with Crippen LogP contribution < -0.4 is 18.9 Å². The van der Waals surface area contributed by atoms with Gasteiger partial charge in [-0.05, 0) is 12.8 Å². The summed E-state index contributed by atoms with van der Waals surface area (Å²) in [5, 5.41) is 16.2. The smallest absolute Gasteiger partial charge is 1.00 e. The van der Waals surface area contributed by atoms with E-state index in [9.17, 15) is 0 Å². The van der Waals surface area contributed by atoms with Gasteiger partial charge in [0.1, 0.15) is 0 Å². The standard InChI is InChI=1S/C4H10O2.Li.H/c5-3-1-2-4-6;;/h5-6H,1-4H2;;/q;+1;-1. The summed E-state index contributed by atoms with van der Waals surface area (Å²) in [4.78, 5) is 0. The predicted octanol–water partition coefficient (Wildman–Crippen LogP) is -3.13. The monoisotopic (exact) mass is 98.1 g/mol. The SMILES string of the molecule is OCCCCO.[H-].[Li+]. The zero-order chi connectivity index (χ0) is 4.83. The molecule has 7 heavy (non-hydrogen) atoms. The summed E-state index contributed by atoms with van der Waals surface area (Å²) in [5.74, 6) is 0. The molecule has 0 aromatic heterocycles. The van der Waals surface area contributed by atoms with Gasteiger partial charge in [-0.3, -0.25) is 0 Å². The summed E-state index contributed by atoms with van der Waals surface area (Å²) >= 11 is 0. The Hall–Kier alpha value is 0.517. The van der Waals surface area contributed by atoms with Crippen molar-refractivity contribution >= 4 is 0 Å². The Kier molecular flexibility index (Phi) is 14.6. The van der Waals surface area contributed by atoms with E-state index in [0.717, 1.165) is 12.8 Å². The molecular weight excluding hydrogens is 87.0 g/mol. The molecule has 0 saturated carbocycles. The van der Waals surface area contributed by atoms with Crippen LogP contribution in [-0.4, -0.2) is 23.4 Å². The van der Waals surface area contributed by atoms with Crippen molar-refractivity contribution in [2.24, 2.45) is 0 Å². The van der Waals surface area contributed by atoms with E-state index >= 15 is 0 Å². The zero-order valence-electron chi connectivity index (χ0n) is 5.72. The average molecular weight is 98.1 g/mol. The fourth-order valence-electron chi connectivity index (χ4n) is 0.224. The van der Waals surface area contributed by atoms with Crippen LogP contribution in [0.1, 0.15) is 14.3 Å². The topological polar surface area (TPSA) is 40.5 Å². The van der Waals surface area contributed by atoms with E-state index in [-0.39, 0.29) is 33.5 Å². The molecule has 40 valence electrons. The van der Waals surface area contributed by atoms with E-state index in [1.54, 1.807) is 0 Å². The number of hydrogen-bond donors (Lipinski definition) is 2. The summed E-state index contributed by atoms with van der Waals surface area (Å²) in [6, 6.07) is 0. The largest absolute Gasteiger partial charge is 1.00 e. The Labute approximate surface area is 57.2 Å². The molecule has 0 rings (SSSR count).